The van der Waals surface area contributed by atoms with Crippen LogP contribution in [0.5, 0.6) is 0 Å². The Morgan fingerprint density at radius 1 is 1.10 bits per heavy atom. The highest BCUT2D eigenvalue weighted by Crippen LogP contribution is 2.31. The molecule has 150 valence electrons. The predicted molar refractivity (Wildman–Crippen MR) is 111 cm³/mol. The van der Waals surface area contributed by atoms with E-state index in [0.717, 1.165) is 24.0 Å². The van der Waals surface area contributed by atoms with Crippen LogP contribution in [0.2, 0.25) is 10.0 Å². The van der Waals surface area contributed by atoms with Crippen LogP contribution in [0.1, 0.15) is 40.3 Å². The summed E-state index contributed by atoms with van der Waals surface area (Å²) in [5.74, 6) is 0.255. The van der Waals surface area contributed by atoms with E-state index in [9.17, 15) is 4.79 Å². The number of hydrogen-bond donors (Lipinski definition) is 1. The lowest BCUT2D eigenvalue weighted by molar-refractivity contribution is 0.0945. The van der Waals surface area contributed by atoms with Gasteiger partial charge in [0.2, 0.25) is 5.89 Å². The SMILES string of the molecule is O=C(NCc1ccncc1)c1coc(CN(Cc2ccc(Cl)c(Cl)c2)C2CC2)n1. The number of rotatable bonds is 8. The van der Waals surface area contributed by atoms with Crippen molar-refractivity contribution in [1.82, 2.24) is 20.2 Å². The lowest BCUT2D eigenvalue weighted by Crippen LogP contribution is -2.26. The summed E-state index contributed by atoms with van der Waals surface area (Å²) >= 11 is 12.1. The average Bonchev–Trinajstić information content (AvgIpc) is 3.48. The number of nitrogens with zero attached hydrogens (tertiary/aromatic N) is 3. The lowest BCUT2D eigenvalue weighted by atomic mass is 10.2. The van der Waals surface area contributed by atoms with Crippen molar-refractivity contribution in [2.75, 3.05) is 0 Å². The Labute approximate surface area is 178 Å². The molecular formula is C21H20Cl2N4O2. The number of benzene rings is 1. The van der Waals surface area contributed by atoms with Crippen molar-refractivity contribution in [3.63, 3.8) is 0 Å². The van der Waals surface area contributed by atoms with Crippen LogP contribution in [0.25, 0.3) is 0 Å². The van der Waals surface area contributed by atoms with Crippen molar-refractivity contribution < 1.29 is 9.21 Å². The van der Waals surface area contributed by atoms with Crippen LogP contribution in [0.3, 0.4) is 0 Å². The molecule has 1 fully saturated rings. The molecule has 2 aromatic heterocycles. The van der Waals surface area contributed by atoms with Gasteiger partial charge in [-0.25, -0.2) is 4.98 Å². The molecule has 29 heavy (non-hydrogen) atoms. The number of oxazole rings is 1. The summed E-state index contributed by atoms with van der Waals surface area (Å²) in [6.45, 7) is 1.66. The van der Waals surface area contributed by atoms with E-state index in [2.05, 4.69) is 20.2 Å². The minimum absolute atomic E-state index is 0.265. The summed E-state index contributed by atoms with van der Waals surface area (Å²) in [6, 6.07) is 9.85. The zero-order chi connectivity index (χ0) is 20.2. The predicted octanol–water partition coefficient (Wildman–Crippen LogP) is 4.47. The van der Waals surface area contributed by atoms with Crippen LogP contribution < -0.4 is 5.32 Å². The maximum Gasteiger partial charge on any atom is 0.273 e. The van der Waals surface area contributed by atoms with Gasteiger partial charge in [-0.1, -0.05) is 29.3 Å². The highest BCUT2D eigenvalue weighted by molar-refractivity contribution is 6.42. The topological polar surface area (TPSA) is 71.3 Å². The summed E-state index contributed by atoms with van der Waals surface area (Å²) in [7, 11) is 0. The zero-order valence-corrected chi connectivity index (χ0v) is 17.2. The minimum Gasteiger partial charge on any atom is -0.447 e. The van der Waals surface area contributed by atoms with Gasteiger partial charge in [0.15, 0.2) is 5.69 Å². The Bertz CT molecular complexity index is 989. The molecule has 0 bridgehead atoms. The van der Waals surface area contributed by atoms with Crippen molar-refractivity contribution >= 4 is 29.1 Å². The number of pyridine rings is 1. The van der Waals surface area contributed by atoms with E-state index >= 15 is 0 Å². The number of nitrogens with one attached hydrogen (secondary N) is 1. The van der Waals surface area contributed by atoms with E-state index < -0.39 is 0 Å². The summed E-state index contributed by atoms with van der Waals surface area (Å²) in [5, 5.41) is 3.93. The largest absolute Gasteiger partial charge is 0.447 e. The first-order chi connectivity index (χ1) is 14.1. The molecule has 1 aromatic carbocycles. The number of aromatic nitrogens is 2. The summed E-state index contributed by atoms with van der Waals surface area (Å²) in [5.41, 5.74) is 2.33. The van der Waals surface area contributed by atoms with E-state index in [4.69, 9.17) is 27.6 Å². The first-order valence-electron chi connectivity index (χ1n) is 9.38. The smallest absolute Gasteiger partial charge is 0.273 e. The van der Waals surface area contributed by atoms with Gasteiger partial charge in [0.1, 0.15) is 6.26 Å². The fourth-order valence-corrected chi connectivity index (χ4v) is 3.38. The molecule has 1 saturated carbocycles. The molecular weight excluding hydrogens is 411 g/mol. The van der Waals surface area contributed by atoms with Gasteiger partial charge in [-0.2, -0.15) is 0 Å². The molecule has 0 aliphatic heterocycles. The summed E-state index contributed by atoms with van der Waals surface area (Å²) in [4.78, 5) is 22.9. The van der Waals surface area contributed by atoms with E-state index in [0.29, 0.717) is 41.6 Å². The molecule has 0 atom stereocenters. The Morgan fingerprint density at radius 3 is 2.62 bits per heavy atom. The van der Waals surface area contributed by atoms with Crippen molar-refractivity contribution in [1.29, 1.82) is 0 Å². The van der Waals surface area contributed by atoms with Gasteiger partial charge in [-0.15, -0.1) is 0 Å². The first-order valence-corrected chi connectivity index (χ1v) is 10.1. The molecule has 0 radical (unpaired) electrons. The van der Waals surface area contributed by atoms with E-state index in [1.165, 1.54) is 6.26 Å². The van der Waals surface area contributed by atoms with Gasteiger partial charge in [0.25, 0.3) is 5.91 Å². The fraction of sp³-hybridized carbons (Fsp3) is 0.286. The maximum atomic E-state index is 12.3. The fourth-order valence-electron chi connectivity index (χ4n) is 3.06. The minimum atomic E-state index is -0.265. The molecule has 1 N–H and O–H groups in total. The standard InChI is InChI=1S/C21H20Cl2N4O2/c22-17-4-1-15(9-18(17)23)11-27(16-2-3-16)12-20-26-19(13-29-20)21(28)25-10-14-5-7-24-8-6-14/h1,4-9,13,16H,2-3,10-12H2,(H,25,28). The second kappa shape index (κ2) is 8.95. The number of carbonyl (C=O) groups is 1. The van der Waals surface area contributed by atoms with Crippen LogP contribution in [0.4, 0.5) is 0 Å². The van der Waals surface area contributed by atoms with Gasteiger partial charge in [0.05, 0.1) is 16.6 Å². The van der Waals surface area contributed by atoms with Crippen molar-refractivity contribution in [2.24, 2.45) is 0 Å². The second-order valence-corrected chi connectivity index (χ2v) is 7.86. The zero-order valence-electron chi connectivity index (χ0n) is 15.6. The van der Waals surface area contributed by atoms with E-state index in [1.807, 2.05) is 24.3 Å². The van der Waals surface area contributed by atoms with Crippen molar-refractivity contribution in [2.45, 2.75) is 38.5 Å². The number of carbonyl (C=O) groups excluding carboxylic acids is 1. The highest BCUT2D eigenvalue weighted by atomic mass is 35.5. The van der Waals surface area contributed by atoms with Crippen LogP contribution in [0, 0.1) is 0 Å². The van der Waals surface area contributed by atoms with Gasteiger partial charge in [0, 0.05) is 31.5 Å². The molecule has 0 saturated heterocycles. The van der Waals surface area contributed by atoms with Crippen LogP contribution in [-0.4, -0.2) is 26.8 Å². The average molecular weight is 431 g/mol. The molecule has 1 aliphatic rings. The van der Waals surface area contributed by atoms with E-state index in [1.54, 1.807) is 18.5 Å². The Kier molecular flexibility index (Phi) is 6.13. The molecule has 1 aliphatic carbocycles. The molecule has 0 spiro atoms. The summed E-state index contributed by atoms with van der Waals surface area (Å²) in [6.07, 6.45) is 7.07. The number of amides is 1. The Hall–Kier alpha value is -2.41. The van der Waals surface area contributed by atoms with Gasteiger partial charge < -0.3 is 9.73 Å². The number of halogens is 2. The Balaban J connectivity index is 1.37. The first kappa shape index (κ1) is 19.9. The van der Waals surface area contributed by atoms with E-state index in [-0.39, 0.29) is 11.6 Å². The lowest BCUT2D eigenvalue weighted by Gasteiger charge is -2.20. The highest BCUT2D eigenvalue weighted by Gasteiger charge is 2.30. The third-order valence-electron chi connectivity index (χ3n) is 4.76. The quantitative estimate of drug-likeness (QED) is 0.570. The van der Waals surface area contributed by atoms with Crippen LogP contribution in [-0.2, 0) is 19.6 Å². The second-order valence-electron chi connectivity index (χ2n) is 7.05. The molecule has 8 heteroatoms. The van der Waals surface area contributed by atoms with Crippen molar-refractivity contribution in [3.05, 3.63) is 81.7 Å². The third-order valence-corrected chi connectivity index (χ3v) is 5.50. The number of hydrogen-bond acceptors (Lipinski definition) is 5. The van der Waals surface area contributed by atoms with Gasteiger partial charge >= 0.3 is 0 Å². The molecule has 2 heterocycles. The van der Waals surface area contributed by atoms with Gasteiger partial charge in [-0.05, 0) is 48.2 Å². The maximum absolute atomic E-state index is 12.3. The summed E-state index contributed by atoms with van der Waals surface area (Å²) < 4.78 is 5.56. The van der Waals surface area contributed by atoms with Crippen LogP contribution >= 0.6 is 23.2 Å². The molecule has 6 nitrogen and oxygen atoms in total. The third kappa shape index (κ3) is 5.35. The monoisotopic (exact) mass is 430 g/mol. The molecule has 3 aromatic rings. The van der Waals surface area contributed by atoms with Crippen LogP contribution in [0.15, 0.2) is 53.4 Å². The van der Waals surface area contributed by atoms with Crippen molar-refractivity contribution in [3.8, 4) is 0 Å². The van der Waals surface area contributed by atoms with Gasteiger partial charge in [-0.3, -0.25) is 14.7 Å². The molecule has 4 rings (SSSR count). The normalized spacial score (nSPS) is 13.6. The Morgan fingerprint density at radius 2 is 1.90 bits per heavy atom. The molecule has 1 amide bonds. The molecule has 0 unspecified atom stereocenters.